The van der Waals surface area contributed by atoms with Crippen LogP contribution in [0.25, 0.3) is 0 Å². The predicted molar refractivity (Wildman–Crippen MR) is 167 cm³/mol. The summed E-state index contributed by atoms with van der Waals surface area (Å²) in [7, 11) is 1.11. The van der Waals surface area contributed by atoms with Gasteiger partial charge in [0, 0.05) is 13.0 Å². The monoisotopic (exact) mass is 669 g/mol. The fraction of sp³-hybridized carbons (Fsp3) is 0.742. The number of ether oxygens (including phenoxy) is 3. The van der Waals surface area contributed by atoms with Gasteiger partial charge in [0.2, 0.25) is 23.5 Å². The van der Waals surface area contributed by atoms with Gasteiger partial charge in [-0.3, -0.25) is 28.8 Å². The second kappa shape index (κ2) is 20.8. The Morgan fingerprint density at radius 1 is 0.872 bits per heavy atom. The second-order valence-electron chi connectivity index (χ2n) is 11.9. The lowest BCUT2D eigenvalue weighted by Gasteiger charge is -2.31. The highest BCUT2D eigenvalue weighted by Gasteiger charge is 2.40. The zero-order valence-electron chi connectivity index (χ0n) is 28.5. The lowest BCUT2D eigenvalue weighted by molar-refractivity contribution is -0.147. The third-order valence-corrected chi connectivity index (χ3v) is 7.20. The van der Waals surface area contributed by atoms with E-state index < -0.39 is 78.2 Å². The maximum absolute atomic E-state index is 13.5. The maximum atomic E-state index is 13.5. The fourth-order valence-electron chi connectivity index (χ4n) is 4.77. The zero-order chi connectivity index (χ0) is 35.7. The third kappa shape index (κ3) is 14.0. The van der Waals surface area contributed by atoms with E-state index in [9.17, 15) is 38.4 Å². The van der Waals surface area contributed by atoms with E-state index in [0.717, 1.165) is 7.11 Å². The molecule has 16 nitrogen and oxygen atoms in total. The lowest BCUT2D eigenvalue weighted by Crippen LogP contribution is -2.57. The van der Waals surface area contributed by atoms with Crippen LogP contribution in [0.15, 0.2) is 0 Å². The Labute approximate surface area is 275 Å². The Balaban J connectivity index is 2.85. The molecule has 1 unspecified atom stereocenters. The number of esters is 2. The molecule has 1 aliphatic heterocycles. The van der Waals surface area contributed by atoms with Crippen molar-refractivity contribution in [2.24, 2.45) is 11.8 Å². The van der Waals surface area contributed by atoms with E-state index in [4.69, 9.17) is 9.47 Å². The number of nitrogens with zero attached hydrogens (tertiary/aromatic N) is 1. The molecule has 47 heavy (non-hydrogen) atoms. The Morgan fingerprint density at radius 3 is 2.13 bits per heavy atom. The Morgan fingerprint density at radius 2 is 1.55 bits per heavy atom. The standard InChI is InChI=1S/C31H51N5O11/c1-8-11-20(26(39)28(41)32-16-23(37)33-21(30(43)45-7)13-14-24(38)46-9-2)34-27(40)22-12-10-15-36(22)29(42)25(19(5)6)35-31(44)47-17-18(3)4/h18-22,25H,8-17H2,1-7H3,(H,32,41)(H,33,37)(H,34,40)(H,35,44)/t20?,21-,22-,25-/m0/s1. The van der Waals surface area contributed by atoms with Gasteiger partial charge in [-0.1, -0.05) is 41.0 Å². The van der Waals surface area contributed by atoms with Gasteiger partial charge < -0.3 is 40.4 Å². The molecule has 0 aliphatic carbocycles. The topological polar surface area (TPSA) is 216 Å². The summed E-state index contributed by atoms with van der Waals surface area (Å²) in [6.07, 6.45) is 0.360. The molecule has 0 aromatic carbocycles. The first-order chi connectivity index (χ1) is 22.2. The van der Waals surface area contributed by atoms with Crippen molar-refractivity contribution in [3.8, 4) is 0 Å². The predicted octanol–water partition coefficient (Wildman–Crippen LogP) is 0.356. The molecule has 0 aromatic heterocycles. The molecule has 266 valence electrons. The van der Waals surface area contributed by atoms with Crippen LogP contribution in [-0.2, 0) is 47.8 Å². The lowest BCUT2D eigenvalue weighted by atomic mass is 10.0. The minimum atomic E-state index is -1.23. The molecule has 0 aromatic rings. The van der Waals surface area contributed by atoms with E-state index in [1.165, 1.54) is 4.90 Å². The molecule has 0 saturated carbocycles. The van der Waals surface area contributed by atoms with Crippen LogP contribution in [0.1, 0.15) is 80.1 Å². The average molecular weight is 670 g/mol. The molecule has 0 radical (unpaired) electrons. The number of nitrogens with one attached hydrogen (secondary N) is 4. The van der Waals surface area contributed by atoms with Crippen LogP contribution in [0.3, 0.4) is 0 Å². The highest BCUT2D eigenvalue weighted by Crippen LogP contribution is 2.21. The van der Waals surface area contributed by atoms with E-state index in [2.05, 4.69) is 26.0 Å². The van der Waals surface area contributed by atoms with Crippen LogP contribution in [-0.4, -0.2) is 110 Å². The van der Waals surface area contributed by atoms with Crippen LogP contribution in [0.5, 0.6) is 0 Å². The van der Waals surface area contributed by atoms with Gasteiger partial charge in [-0.05, 0) is 44.4 Å². The fourth-order valence-corrected chi connectivity index (χ4v) is 4.77. The smallest absolute Gasteiger partial charge is 0.407 e. The molecular weight excluding hydrogens is 618 g/mol. The third-order valence-electron chi connectivity index (χ3n) is 7.20. The maximum Gasteiger partial charge on any atom is 0.407 e. The summed E-state index contributed by atoms with van der Waals surface area (Å²) in [5, 5.41) is 9.72. The number of rotatable bonds is 19. The van der Waals surface area contributed by atoms with Crippen molar-refractivity contribution in [3.63, 3.8) is 0 Å². The molecule has 0 spiro atoms. The minimum Gasteiger partial charge on any atom is -0.467 e. The van der Waals surface area contributed by atoms with Crippen molar-refractivity contribution in [2.45, 2.75) is 104 Å². The van der Waals surface area contributed by atoms with E-state index in [0.29, 0.717) is 19.3 Å². The summed E-state index contributed by atoms with van der Waals surface area (Å²) in [6.45, 7) is 10.6. The number of carbonyl (C=O) groups excluding carboxylic acids is 8. The number of ketones is 1. The van der Waals surface area contributed by atoms with E-state index >= 15 is 0 Å². The van der Waals surface area contributed by atoms with Gasteiger partial charge in [-0.25, -0.2) is 9.59 Å². The summed E-state index contributed by atoms with van der Waals surface area (Å²) >= 11 is 0. The van der Waals surface area contributed by atoms with E-state index in [-0.39, 0.29) is 50.9 Å². The summed E-state index contributed by atoms with van der Waals surface area (Å²) in [5.74, 6) is -5.62. The van der Waals surface area contributed by atoms with Gasteiger partial charge >= 0.3 is 18.0 Å². The molecular formula is C31H51N5O11. The summed E-state index contributed by atoms with van der Waals surface area (Å²) in [5.41, 5.74) is 0. The first-order valence-electron chi connectivity index (χ1n) is 16.1. The number of amides is 5. The molecule has 0 bridgehead atoms. The first-order valence-corrected chi connectivity index (χ1v) is 16.1. The van der Waals surface area contributed by atoms with Crippen molar-refractivity contribution in [3.05, 3.63) is 0 Å². The molecule has 1 aliphatic rings. The van der Waals surface area contributed by atoms with Crippen LogP contribution < -0.4 is 21.3 Å². The van der Waals surface area contributed by atoms with Gasteiger partial charge in [-0.15, -0.1) is 0 Å². The quantitative estimate of drug-likeness (QED) is 0.0836. The largest absolute Gasteiger partial charge is 0.467 e. The molecule has 1 saturated heterocycles. The molecule has 4 atom stereocenters. The average Bonchev–Trinajstić information content (AvgIpc) is 3.52. The Hall–Kier alpha value is -4.24. The van der Waals surface area contributed by atoms with Gasteiger partial charge in [0.25, 0.3) is 5.91 Å². The van der Waals surface area contributed by atoms with Crippen molar-refractivity contribution in [1.29, 1.82) is 0 Å². The number of hydrogen-bond acceptors (Lipinski definition) is 11. The Bertz CT molecular complexity index is 1130. The summed E-state index contributed by atoms with van der Waals surface area (Å²) in [4.78, 5) is 102. The number of Topliss-reactive ketones (excluding diaryl/α,β-unsaturated/α-hetero) is 1. The number of alkyl carbamates (subject to hydrolysis) is 1. The van der Waals surface area contributed by atoms with Crippen LogP contribution >= 0.6 is 0 Å². The first kappa shape index (κ1) is 40.8. The van der Waals surface area contributed by atoms with Crippen molar-refractivity contribution in [2.75, 3.05) is 33.4 Å². The minimum absolute atomic E-state index is 0.103. The number of hydrogen-bond donors (Lipinski definition) is 4. The number of carbonyl (C=O) groups is 8. The highest BCUT2D eigenvalue weighted by molar-refractivity contribution is 6.38. The SMILES string of the molecule is CCCC(NC(=O)[C@@H]1CCCN1C(=O)[C@@H](NC(=O)OCC(C)C)C(C)C)C(=O)C(=O)NCC(=O)N[C@@H](CCC(=O)OCC)C(=O)OC. The van der Waals surface area contributed by atoms with Crippen LogP contribution in [0, 0.1) is 11.8 Å². The van der Waals surface area contributed by atoms with E-state index in [1.807, 2.05) is 13.8 Å². The molecule has 1 rings (SSSR count). The van der Waals surface area contributed by atoms with Gasteiger partial charge in [-0.2, -0.15) is 0 Å². The molecule has 1 heterocycles. The molecule has 4 N–H and O–H groups in total. The zero-order valence-corrected chi connectivity index (χ0v) is 28.5. The van der Waals surface area contributed by atoms with Crippen molar-refractivity contribution < 1.29 is 52.6 Å². The molecule has 1 fully saturated rings. The normalized spacial score (nSPS) is 16.0. The highest BCUT2D eigenvalue weighted by atomic mass is 16.5. The van der Waals surface area contributed by atoms with Crippen molar-refractivity contribution >= 4 is 47.4 Å². The summed E-state index contributed by atoms with van der Waals surface area (Å²) < 4.78 is 14.6. The number of methoxy groups -OCH3 is 1. The Kier molecular flexibility index (Phi) is 18.0. The van der Waals surface area contributed by atoms with Crippen LogP contribution in [0.4, 0.5) is 4.79 Å². The summed E-state index contributed by atoms with van der Waals surface area (Å²) in [6, 6.07) is -4.30. The molecule has 16 heteroatoms. The van der Waals surface area contributed by atoms with Crippen LogP contribution in [0.2, 0.25) is 0 Å². The van der Waals surface area contributed by atoms with Gasteiger partial charge in [0.1, 0.15) is 18.1 Å². The number of likely N-dealkylation sites (tertiary alicyclic amines) is 1. The van der Waals surface area contributed by atoms with Gasteiger partial charge in [0.05, 0.1) is 32.9 Å². The van der Waals surface area contributed by atoms with Crippen molar-refractivity contribution in [1.82, 2.24) is 26.2 Å². The second-order valence-corrected chi connectivity index (χ2v) is 11.9. The van der Waals surface area contributed by atoms with E-state index in [1.54, 1.807) is 27.7 Å². The molecule has 5 amide bonds. The van der Waals surface area contributed by atoms with Gasteiger partial charge in [0.15, 0.2) is 0 Å².